The van der Waals surface area contributed by atoms with E-state index < -0.39 is 4.92 Å². The fourth-order valence-electron chi connectivity index (χ4n) is 2.13. The minimum atomic E-state index is -0.468. The maximum absolute atomic E-state index is 11.7. The van der Waals surface area contributed by atoms with Crippen LogP contribution >= 0.6 is 0 Å². The quantitative estimate of drug-likeness (QED) is 0.373. The Morgan fingerprint density at radius 2 is 2.10 bits per heavy atom. The molecule has 1 amide bonds. The van der Waals surface area contributed by atoms with Crippen molar-refractivity contribution in [3.63, 3.8) is 0 Å². The van der Waals surface area contributed by atoms with Gasteiger partial charge < -0.3 is 10.4 Å². The van der Waals surface area contributed by atoms with Gasteiger partial charge in [-0.15, -0.1) is 0 Å². The molecule has 2 N–H and O–H groups in total. The van der Waals surface area contributed by atoms with Crippen molar-refractivity contribution >= 4 is 17.7 Å². The first kappa shape index (κ1) is 14.9. The number of nitrogens with one attached hydrogen (secondary N) is 1. The van der Waals surface area contributed by atoms with E-state index in [1.807, 2.05) is 12.2 Å². The van der Waals surface area contributed by atoms with Crippen molar-refractivity contribution in [3.05, 3.63) is 58.2 Å². The van der Waals surface area contributed by atoms with Crippen LogP contribution in [-0.4, -0.2) is 28.6 Å². The molecule has 0 heterocycles. The number of aliphatic hydroxyl groups is 1. The molecule has 0 aromatic heterocycles. The van der Waals surface area contributed by atoms with E-state index in [1.165, 1.54) is 18.2 Å². The molecule has 0 fully saturated rings. The number of amides is 1. The number of hydrogen-bond acceptors (Lipinski definition) is 4. The Balaban J connectivity index is 1.87. The average Bonchev–Trinajstić information content (AvgIpc) is 2.93. The number of nitro groups is 1. The smallest absolute Gasteiger partial charge is 0.269 e. The first-order chi connectivity index (χ1) is 10.1. The van der Waals surface area contributed by atoms with E-state index in [4.69, 9.17) is 5.11 Å². The standard InChI is InChI=1S/C15H16N2O4/c18-10-12-1-5-13(9-12)16-15(19)8-4-11-2-6-14(7-3-11)17(20)21/h1-8,12-13,18H,9-10H2,(H,16,19)/b8-4+/t12-,13+/m0/s1. The van der Waals surface area contributed by atoms with Crippen LogP contribution in [0.1, 0.15) is 12.0 Å². The van der Waals surface area contributed by atoms with E-state index in [2.05, 4.69) is 5.32 Å². The van der Waals surface area contributed by atoms with Gasteiger partial charge in [0.05, 0.1) is 4.92 Å². The zero-order valence-electron chi connectivity index (χ0n) is 11.3. The van der Waals surface area contributed by atoms with Gasteiger partial charge in [-0.3, -0.25) is 14.9 Å². The van der Waals surface area contributed by atoms with Crippen LogP contribution in [0.4, 0.5) is 5.69 Å². The fourth-order valence-corrected chi connectivity index (χ4v) is 2.13. The highest BCUT2D eigenvalue weighted by Gasteiger charge is 2.18. The third-order valence-electron chi connectivity index (χ3n) is 3.27. The van der Waals surface area contributed by atoms with E-state index in [0.717, 1.165) is 0 Å². The molecule has 2 atom stereocenters. The normalized spacial score (nSPS) is 20.8. The van der Waals surface area contributed by atoms with Gasteiger partial charge in [0, 0.05) is 36.8 Å². The second-order valence-electron chi connectivity index (χ2n) is 4.86. The van der Waals surface area contributed by atoms with Gasteiger partial charge in [-0.1, -0.05) is 12.2 Å². The molecule has 0 spiro atoms. The van der Waals surface area contributed by atoms with Crippen molar-refractivity contribution < 1.29 is 14.8 Å². The predicted molar refractivity (Wildman–Crippen MR) is 78.4 cm³/mol. The lowest BCUT2D eigenvalue weighted by Crippen LogP contribution is -2.31. The second kappa shape index (κ2) is 6.81. The van der Waals surface area contributed by atoms with Crippen LogP contribution in [0.5, 0.6) is 0 Å². The number of nitro benzene ring substituents is 1. The summed E-state index contributed by atoms with van der Waals surface area (Å²) in [7, 11) is 0. The van der Waals surface area contributed by atoms with Crippen molar-refractivity contribution in [2.75, 3.05) is 6.61 Å². The topological polar surface area (TPSA) is 92.5 Å². The highest BCUT2D eigenvalue weighted by Crippen LogP contribution is 2.17. The zero-order chi connectivity index (χ0) is 15.2. The van der Waals surface area contributed by atoms with E-state index in [9.17, 15) is 14.9 Å². The number of hydrogen-bond donors (Lipinski definition) is 2. The van der Waals surface area contributed by atoms with Gasteiger partial charge in [-0.05, 0) is 30.2 Å². The molecule has 110 valence electrons. The van der Waals surface area contributed by atoms with Crippen molar-refractivity contribution in [1.29, 1.82) is 0 Å². The van der Waals surface area contributed by atoms with Gasteiger partial charge in [-0.2, -0.15) is 0 Å². The third-order valence-corrected chi connectivity index (χ3v) is 3.27. The molecule has 0 saturated heterocycles. The Morgan fingerprint density at radius 1 is 1.38 bits per heavy atom. The summed E-state index contributed by atoms with van der Waals surface area (Å²) in [4.78, 5) is 21.8. The Hall–Kier alpha value is -2.47. The fraction of sp³-hybridized carbons (Fsp3) is 0.267. The van der Waals surface area contributed by atoms with Gasteiger partial charge in [0.2, 0.25) is 5.91 Å². The molecule has 1 aromatic rings. The van der Waals surface area contributed by atoms with Crippen LogP contribution in [0.3, 0.4) is 0 Å². The number of non-ortho nitro benzene ring substituents is 1. The zero-order valence-corrected chi connectivity index (χ0v) is 11.3. The number of carbonyl (C=O) groups is 1. The predicted octanol–water partition coefficient (Wildman–Crippen LogP) is 1.66. The monoisotopic (exact) mass is 288 g/mol. The Kier molecular flexibility index (Phi) is 4.84. The molecule has 0 saturated carbocycles. The molecular weight excluding hydrogens is 272 g/mol. The minimum absolute atomic E-state index is 0.0164. The first-order valence-corrected chi connectivity index (χ1v) is 6.60. The minimum Gasteiger partial charge on any atom is -0.396 e. The molecule has 6 heteroatoms. The van der Waals surface area contributed by atoms with E-state index in [-0.39, 0.29) is 30.2 Å². The lowest BCUT2D eigenvalue weighted by atomic mass is 10.1. The molecule has 0 bridgehead atoms. The maximum atomic E-state index is 11.7. The van der Waals surface area contributed by atoms with Crippen molar-refractivity contribution in [3.8, 4) is 0 Å². The van der Waals surface area contributed by atoms with Gasteiger partial charge in [0.1, 0.15) is 0 Å². The molecule has 21 heavy (non-hydrogen) atoms. The molecule has 0 unspecified atom stereocenters. The van der Waals surface area contributed by atoms with E-state index in [0.29, 0.717) is 12.0 Å². The highest BCUT2D eigenvalue weighted by molar-refractivity contribution is 5.92. The molecule has 1 aliphatic carbocycles. The van der Waals surface area contributed by atoms with Gasteiger partial charge in [0.15, 0.2) is 0 Å². The first-order valence-electron chi connectivity index (χ1n) is 6.60. The summed E-state index contributed by atoms with van der Waals surface area (Å²) in [6.45, 7) is 0.0848. The van der Waals surface area contributed by atoms with Crippen LogP contribution in [0.25, 0.3) is 6.08 Å². The number of benzene rings is 1. The van der Waals surface area contributed by atoms with Crippen LogP contribution in [0, 0.1) is 16.0 Å². The summed E-state index contributed by atoms with van der Waals surface area (Å²) >= 11 is 0. The van der Waals surface area contributed by atoms with Gasteiger partial charge in [0.25, 0.3) is 5.69 Å². The number of aliphatic hydroxyl groups excluding tert-OH is 1. The summed E-state index contributed by atoms with van der Waals surface area (Å²) in [5.74, 6) is -0.129. The van der Waals surface area contributed by atoms with Gasteiger partial charge >= 0.3 is 0 Å². The van der Waals surface area contributed by atoms with Crippen LogP contribution in [0.15, 0.2) is 42.5 Å². The van der Waals surface area contributed by atoms with Crippen LogP contribution in [-0.2, 0) is 4.79 Å². The van der Waals surface area contributed by atoms with Crippen molar-refractivity contribution in [2.45, 2.75) is 12.5 Å². The van der Waals surface area contributed by atoms with Crippen molar-refractivity contribution in [2.24, 2.45) is 5.92 Å². The van der Waals surface area contributed by atoms with Crippen molar-refractivity contribution in [1.82, 2.24) is 5.32 Å². The summed E-state index contributed by atoms with van der Waals surface area (Å²) in [6, 6.07) is 5.89. The molecule has 0 radical (unpaired) electrons. The van der Waals surface area contributed by atoms with Crippen LogP contribution in [0.2, 0.25) is 0 Å². The highest BCUT2D eigenvalue weighted by atomic mass is 16.6. The summed E-state index contributed by atoms with van der Waals surface area (Å²) in [5.41, 5.74) is 0.730. The number of carbonyl (C=O) groups excluding carboxylic acids is 1. The van der Waals surface area contributed by atoms with E-state index >= 15 is 0 Å². The summed E-state index contributed by atoms with van der Waals surface area (Å²) in [5, 5.41) is 22.3. The summed E-state index contributed by atoms with van der Waals surface area (Å²) < 4.78 is 0. The molecular formula is C15H16N2O4. The lowest BCUT2D eigenvalue weighted by Gasteiger charge is -2.10. The maximum Gasteiger partial charge on any atom is 0.269 e. The Labute approximate surface area is 121 Å². The second-order valence-corrected chi connectivity index (χ2v) is 4.86. The molecule has 1 aromatic carbocycles. The SMILES string of the molecule is O=C(/C=C/c1ccc([N+](=O)[O-])cc1)N[C@@H]1C=C[C@H](CO)C1. The largest absolute Gasteiger partial charge is 0.396 e. The molecule has 2 rings (SSSR count). The van der Waals surface area contributed by atoms with Crippen LogP contribution < -0.4 is 5.32 Å². The van der Waals surface area contributed by atoms with Gasteiger partial charge in [-0.25, -0.2) is 0 Å². The molecule has 1 aliphatic rings. The third kappa shape index (κ3) is 4.25. The molecule has 6 nitrogen and oxygen atoms in total. The lowest BCUT2D eigenvalue weighted by molar-refractivity contribution is -0.384. The Bertz CT molecular complexity index is 578. The average molecular weight is 288 g/mol. The number of rotatable bonds is 5. The number of nitrogens with zero attached hydrogens (tertiary/aromatic N) is 1. The summed E-state index contributed by atoms with van der Waals surface area (Å²) in [6.07, 6.45) is 7.46. The van der Waals surface area contributed by atoms with E-state index in [1.54, 1.807) is 18.2 Å². The molecule has 0 aliphatic heterocycles. The Morgan fingerprint density at radius 3 is 2.67 bits per heavy atom.